The van der Waals surface area contributed by atoms with E-state index in [1.54, 1.807) is 31.5 Å². The lowest BCUT2D eigenvalue weighted by Gasteiger charge is -2.09. The fraction of sp³-hybridized carbons (Fsp3) is 0.300. The molecule has 0 saturated carbocycles. The number of carbonyl (C=O) groups excluding carboxylic acids is 1. The van der Waals surface area contributed by atoms with E-state index >= 15 is 0 Å². The Kier molecular flexibility index (Phi) is 7.95. The summed E-state index contributed by atoms with van der Waals surface area (Å²) >= 11 is 11.9. The molecule has 0 aliphatic heterocycles. The third-order valence-corrected chi connectivity index (χ3v) is 4.62. The first-order chi connectivity index (χ1) is 12.9. The average molecular weight is 409 g/mol. The maximum Gasteiger partial charge on any atom is 0.240 e. The molecule has 27 heavy (non-hydrogen) atoms. The van der Waals surface area contributed by atoms with Crippen molar-refractivity contribution >= 4 is 35.3 Å². The smallest absolute Gasteiger partial charge is 0.240 e. The number of hydrogen-bond donors (Lipinski definition) is 1. The average Bonchev–Trinajstić information content (AvgIpc) is 2.64. The van der Waals surface area contributed by atoms with E-state index in [1.165, 1.54) is 0 Å². The highest BCUT2D eigenvalue weighted by Gasteiger charge is 2.06. The van der Waals surface area contributed by atoms with Crippen LogP contribution in [-0.2, 0) is 4.79 Å². The van der Waals surface area contributed by atoms with Crippen molar-refractivity contribution in [1.82, 2.24) is 5.43 Å². The standard InChI is InChI=1S/C20H22Cl2N2O3/c1-13-14(2)18(26-3)8-6-15(13)12-23-24-20(25)5-4-10-27-19-9-7-16(21)11-17(19)22/h6-9,11-12H,4-5,10H2,1-3H3,(H,24,25). The minimum atomic E-state index is -0.181. The minimum absolute atomic E-state index is 0.181. The van der Waals surface area contributed by atoms with Gasteiger partial charge in [-0.25, -0.2) is 5.43 Å². The van der Waals surface area contributed by atoms with E-state index in [0.717, 1.165) is 22.4 Å². The van der Waals surface area contributed by atoms with E-state index in [0.29, 0.717) is 35.2 Å². The maximum atomic E-state index is 11.9. The summed E-state index contributed by atoms with van der Waals surface area (Å²) in [4.78, 5) is 11.9. The van der Waals surface area contributed by atoms with Crippen molar-refractivity contribution in [2.24, 2.45) is 5.10 Å². The summed E-state index contributed by atoms with van der Waals surface area (Å²) in [5.41, 5.74) is 5.55. The van der Waals surface area contributed by atoms with Crippen LogP contribution in [0.15, 0.2) is 35.4 Å². The van der Waals surface area contributed by atoms with Crippen molar-refractivity contribution in [3.63, 3.8) is 0 Å². The number of hydrazone groups is 1. The quantitative estimate of drug-likeness (QED) is 0.382. The van der Waals surface area contributed by atoms with Crippen LogP contribution in [0.4, 0.5) is 0 Å². The van der Waals surface area contributed by atoms with E-state index < -0.39 is 0 Å². The summed E-state index contributed by atoms with van der Waals surface area (Å²) in [5.74, 6) is 1.19. The van der Waals surface area contributed by atoms with Gasteiger partial charge in [-0.1, -0.05) is 23.2 Å². The Labute approximate surface area is 169 Å². The first kappa shape index (κ1) is 21.1. The Hall–Kier alpha value is -2.24. The van der Waals surface area contributed by atoms with Crippen molar-refractivity contribution in [3.05, 3.63) is 57.1 Å². The zero-order valence-electron chi connectivity index (χ0n) is 15.5. The van der Waals surface area contributed by atoms with Crippen molar-refractivity contribution in [3.8, 4) is 11.5 Å². The van der Waals surface area contributed by atoms with Crippen LogP contribution in [0.5, 0.6) is 11.5 Å². The molecular formula is C20H22Cl2N2O3. The molecule has 7 heteroatoms. The van der Waals surface area contributed by atoms with Crippen LogP contribution < -0.4 is 14.9 Å². The number of hydrogen-bond acceptors (Lipinski definition) is 4. The Morgan fingerprint density at radius 2 is 1.89 bits per heavy atom. The minimum Gasteiger partial charge on any atom is -0.496 e. The van der Waals surface area contributed by atoms with Gasteiger partial charge in [0.05, 0.1) is 25.0 Å². The Morgan fingerprint density at radius 1 is 1.15 bits per heavy atom. The highest BCUT2D eigenvalue weighted by molar-refractivity contribution is 6.35. The lowest BCUT2D eigenvalue weighted by Crippen LogP contribution is -2.18. The largest absolute Gasteiger partial charge is 0.496 e. The molecule has 0 unspecified atom stereocenters. The zero-order valence-corrected chi connectivity index (χ0v) is 17.0. The number of nitrogens with one attached hydrogen (secondary N) is 1. The highest BCUT2D eigenvalue weighted by Crippen LogP contribution is 2.27. The molecule has 1 amide bonds. The number of rotatable bonds is 8. The topological polar surface area (TPSA) is 59.9 Å². The van der Waals surface area contributed by atoms with E-state index in [4.69, 9.17) is 32.7 Å². The number of halogens is 2. The van der Waals surface area contributed by atoms with E-state index in [1.807, 2.05) is 26.0 Å². The van der Waals surface area contributed by atoms with E-state index in [-0.39, 0.29) is 5.91 Å². The summed E-state index contributed by atoms with van der Waals surface area (Å²) in [6, 6.07) is 8.80. The Balaban J connectivity index is 1.76. The number of methoxy groups -OCH3 is 1. The molecule has 5 nitrogen and oxygen atoms in total. The molecule has 2 aromatic rings. The van der Waals surface area contributed by atoms with Crippen LogP contribution in [0.2, 0.25) is 10.0 Å². The van der Waals surface area contributed by atoms with Gasteiger partial charge in [-0.15, -0.1) is 0 Å². The van der Waals surface area contributed by atoms with Crippen LogP contribution in [-0.4, -0.2) is 25.8 Å². The second-order valence-electron chi connectivity index (χ2n) is 5.93. The molecule has 0 heterocycles. The van der Waals surface area contributed by atoms with Crippen molar-refractivity contribution in [1.29, 1.82) is 0 Å². The fourth-order valence-corrected chi connectivity index (χ4v) is 2.88. The van der Waals surface area contributed by atoms with Gasteiger partial charge in [0.15, 0.2) is 0 Å². The molecular weight excluding hydrogens is 387 g/mol. The van der Waals surface area contributed by atoms with Crippen LogP contribution >= 0.6 is 23.2 Å². The Morgan fingerprint density at radius 3 is 2.59 bits per heavy atom. The summed E-state index contributed by atoms with van der Waals surface area (Å²) in [5, 5.41) is 5.01. The zero-order chi connectivity index (χ0) is 19.8. The second kappa shape index (κ2) is 10.2. The van der Waals surface area contributed by atoms with Gasteiger partial charge in [0.25, 0.3) is 0 Å². The van der Waals surface area contributed by atoms with Crippen molar-refractivity contribution < 1.29 is 14.3 Å². The summed E-state index contributed by atoms with van der Waals surface area (Å²) in [7, 11) is 1.64. The fourth-order valence-electron chi connectivity index (χ4n) is 2.41. The van der Waals surface area contributed by atoms with Gasteiger partial charge in [-0.05, 0) is 67.3 Å². The first-order valence-corrected chi connectivity index (χ1v) is 9.22. The third-order valence-electron chi connectivity index (χ3n) is 4.09. The monoisotopic (exact) mass is 408 g/mol. The number of carbonyl (C=O) groups is 1. The number of amides is 1. The SMILES string of the molecule is COc1ccc(C=NNC(=O)CCCOc2ccc(Cl)cc2Cl)c(C)c1C. The maximum absolute atomic E-state index is 11.9. The van der Waals surface area contributed by atoms with Gasteiger partial charge in [-0.2, -0.15) is 5.10 Å². The molecule has 0 radical (unpaired) electrons. The predicted molar refractivity (Wildman–Crippen MR) is 109 cm³/mol. The molecule has 0 bridgehead atoms. The van der Waals surface area contributed by atoms with Gasteiger partial charge in [0.1, 0.15) is 11.5 Å². The number of ether oxygens (including phenoxy) is 2. The Bertz CT molecular complexity index is 838. The lowest BCUT2D eigenvalue weighted by atomic mass is 10.0. The van der Waals surface area contributed by atoms with Crippen molar-refractivity contribution in [2.45, 2.75) is 26.7 Å². The van der Waals surface area contributed by atoms with E-state index in [2.05, 4.69) is 10.5 Å². The lowest BCUT2D eigenvalue weighted by molar-refractivity contribution is -0.121. The van der Waals surface area contributed by atoms with Crippen LogP contribution in [0, 0.1) is 13.8 Å². The summed E-state index contributed by atoms with van der Waals surface area (Å²) in [6.45, 7) is 4.34. The van der Waals surface area contributed by atoms with Gasteiger partial charge >= 0.3 is 0 Å². The second-order valence-corrected chi connectivity index (χ2v) is 6.77. The van der Waals surface area contributed by atoms with E-state index in [9.17, 15) is 4.79 Å². The molecule has 0 fully saturated rings. The molecule has 0 aromatic heterocycles. The molecule has 2 rings (SSSR count). The molecule has 0 aliphatic rings. The highest BCUT2D eigenvalue weighted by atomic mass is 35.5. The van der Waals surface area contributed by atoms with Crippen LogP contribution in [0.25, 0.3) is 0 Å². The molecule has 144 valence electrons. The molecule has 0 atom stereocenters. The van der Waals surface area contributed by atoms with Gasteiger partial charge in [0.2, 0.25) is 5.91 Å². The normalized spacial score (nSPS) is 10.9. The van der Waals surface area contributed by atoms with Gasteiger partial charge < -0.3 is 9.47 Å². The number of benzene rings is 2. The summed E-state index contributed by atoms with van der Waals surface area (Å²) in [6.07, 6.45) is 2.47. The molecule has 0 saturated heterocycles. The molecule has 1 N–H and O–H groups in total. The first-order valence-electron chi connectivity index (χ1n) is 8.46. The van der Waals surface area contributed by atoms with Gasteiger partial charge in [0, 0.05) is 11.4 Å². The molecule has 0 aliphatic carbocycles. The van der Waals surface area contributed by atoms with Crippen LogP contribution in [0.1, 0.15) is 29.5 Å². The third kappa shape index (κ3) is 6.15. The number of nitrogens with zero attached hydrogens (tertiary/aromatic N) is 1. The molecule has 0 spiro atoms. The van der Waals surface area contributed by atoms with Crippen molar-refractivity contribution in [2.75, 3.05) is 13.7 Å². The van der Waals surface area contributed by atoms with Crippen LogP contribution in [0.3, 0.4) is 0 Å². The molecule has 2 aromatic carbocycles. The predicted octanol–water partition coefficient (Wildman–Crippen LogP) is 4.93. The van der Waals surface area contributed by atoms with Gasteiger partial charge in [-0.3, -0.25) is 4.79 Å². The summed E-state index contributed by atoms with van der Waals surface area (Å²) < 4.78 is 10.8.